The van der Waals surface area contributed by atoms with Gasteiger partial charge < -0.3 is 15.5 Å². The molecule has 0 bridgehead atoms. The molecule has 1 aliphatic heterocycles. The Bertz CT molecular complexity index is 828. The van der Waals surface area contributed by atoms with E-state index in [2.05, 4.69) is 10.6 Å². The molecular formula is C21H24N4O3. The summed E-state index contributed by atoms with van der Waals surface area (Å²) in [5.74, 6) is -0.242. The molecule has 0 saturated carbocycles. The third-order valence-electron chi connectivity index (χ3n) is 4.54. The number of nitrogens with one attached hydrogen (secondary N) is 2. The summed E-state index contributed by atoms with van der Waals surface area (Å²) >= 11 is 0. The molecule has 146 valence electrons. The third-order valence-corrected chi connectivity index (χ3v) is 4.54. The Morgan fingerprint density at radius 3 is 2.04 bits per heavy atom. The van der Waals surface area contributed by atoms with E-state index in [1.807, 2.05) is 35.2 Å². The summed E-state index contributed by atoms with van der Waals surface area (Å²) in [5.41, 5.74) is 2.03. The number of piperazine rings is 1. The van der Waals surface area contributed by atoms with Crippen LogP contribution < -0.4 is 10.6 Å². The lowest BCUT2D eigenvalue weighted by Gasteiger charge is -2.34. The van der Waals surface area contributed by atoms with Crippen LogP contribution >= 0.6 is 0 Å². The summed E-state index contributed by atoms with van der Waals surface area (Å²) in [4.78, 5) is 39.7. The number of amides is 3. The highest BCUT2D eigenvalue weighted by Crippen LogP contribution is 2.13. The maximum atomic E-state index is 12.6. The van der Waals surface area contributed by atoms with E-state index in [0.717, 1.165) is 5.69 Å². The second-order valence-corrected chi connectivity index (χ2v) is 6.74. The maximum Gasteiger partial charge on any atom is 0.253 e. The summed E-state index contributed by atoms with van der Waals surface area (Å²) in [6, 6.07) is 16.2. The molecule has 3 amide bonds. The molecule has 1 aliphatic rings. The molecule has 7 nitrogen and oxygen atoms in total. The van der Waals surface area contributed by atoms with Crippen LogP contribution in [-0.4, -0.2) is 60.2 Å². The molecule has 1 fully saturated rings. The van der Waals surface area contributed by atoms with Gasteiger partial charge in [0, 0.05) is 50.0 Å². The van der Waals surface area contributed by atoms with Crippen molar-refractivity contribution in [2.45, 2.75) is 6.92 Å². The second-order valence-electron chi connectivity index (χ2n) is 6.74. The number of rotatable bonds is 5. The van der Waals surface area contributed by atoms with Gasteiger partial charge in [-0.3, -0.25) is 19.3 Å². The Morgan fingerprint density at radius 1 is 0.821 bits per heavy atom. The van der Waals surface area contributed by atoms with Crippen LogP contribution in [-0.2, 0) is 9.59 Å². The molecule has 2 aromatic carbocycles. The number of hydrogen-bond donors (Lipinski definition) is 2. The van der Waals surface area contributed by atoms with E-state index in [1.54, 1.807) is 29.2 Å². The van der Waals surface area contributed by atoms with Crippen molar-refractivity contribution in [3.63, 3.8) is 0 Å². The summed E-state index contributed by atoms with van der Waals surface area (Å²) in [7, 11) is 0. The van der Waals surface area contributed by atoms with Crippen LogP contribution in [0.3, 0.4) is 0 Å². The number of carbonyl (C=O) groups excluding carboxylic acids is 3. The molecular weight excluding hydrogens is 356 g/mol. The fraction of sp³-hybridized carbons (Fsp3) is 0.286. The van der Waals surface area contributed by atoms with Crippen molar-refractivity contribution in [1.82, 2.24) is 9.80 Å². The van der Waals surface area contributed by atoms with Crippen LogP contribution in [0.1, 0.15) is 17.3 Å². The molecule has 7 heteroatoms. The number of carbonyl (C=O) groups is 3. The summed E-state index contributed by atoms with van der Waals surface area (Å²) < 4.78 is 0. The minimum absolute atomic E-state index is 0.0391. The molecule has 0 spiro atoms. The topological polar surface area (TPSA) is 81.8 Å². The van der Waals surface area contributed by atoms with E-state index in [4.69, 9.17) is 0 Å². The zero-order valence-electron chi connectivity index (χ0n) is 15.9. The summed E-state index contributed by atoms with van der Waals surface area (Å²) in [6.45, 7) is 4.20. The normalized spacial score (nSPS) is 14.4. The molecule has 2 N–H and O–H groups in total. The largest absolute Gasteiger partial charge is 0.336 e. The Morgan fingerprint density at radius 2 is 1.43 bits per heavy atom. The third kappa shape index (κ3) is 5.40. The van der Waals surface area contributed by atoms with Gasteiger partial charge >= 0.3 is 0 Å². The van der Waals surface area contributed by atoms with Crippen molar-refractivity contribution in [2.75, 3.05) is 43.4 Å². The van der Waals surface area contributed by atoms with E-state index in [0.29, 0.717) is 44.0 Å². The summed E-state index contributed by atoms with van der Waals surface area (Å²) in [5, 5.41) is 5.56. The van der Waals surface area contributed by atoms with Gasteiger partial charge in [-0.2, -0.15) is 0 Å². The maximum absolute atomic E-state index is 12.6. The van der Waals surface area contributed by atoms with Crippen molar-refractivity contribution in [1.29, 1.82) is 0 Å². The van der Waals surface area contributed by atoms with Crippen molar-refractivity contribution >= 4 is 29.1 Å². The average Bonchev–Trinajstić information content (AvgIpc) is 2.69. The lowest BCUT2D eigenvalue weighted by Crippen LogP contribution is -2.50. The minimum Gasteiger partial charge on any atom is -0.336 e. The smallest absolute Gasteiger partial charge is 0.253 e. The molecule has 3 rings (SSSR count). The highest BCUT2D eigenvalue weighted by atomic mass is 16.2. The van der Waals surface area contributed by atoms with E-state index < -0.39 is 0 Å². The van der Waals surface area contributed by atoms with Gasteiger partial charge in [-0.25, -0.2) is 0 Å². The molecule has 0 aromatic heterocycles. The van der Waals surface area contributed by atoms with Gasteiger partial charge in [0.1, 0.15) is 0 Å². The van der Waals surface area contributed by atoms with Gasteiger partial charge in [0.15, 0.2) is 0 Å². The molecule has 28 heavy (non-hydrogen) atoms. The van der Waals surface area contributed by atoms with E-state index >= 15 is 0 Å². The van der Waals surface area contributed by atoms with E-state index in [1.165, 1.54) is 6.92 Å². The number of nitrogens with zero attached hydrogens (tertiary/aromatic N) is 2. The molecule has 2 aromatic rings. The van der Waals surface area contributed by atoms with Crippen LogP contribution in [0.5, 0.6) is 0 Å². The Hall–Kier alpha value is -3.19. The lowest BCUT2D eigenvalue weighted by molar-refractivity contribution is -0.117. The number of hydrogen-bond acceptors (Lipinski definition) is 4. The van der Waals surface area contributed by atoms with Gasteiger partial charge in [0.2, 0.25) is 11.8 Å². The highest BCUT2D eigenvalue weighted by molar-refractivity contribution is 5.95. The molecule has 0 radical (unpaired) electrons. The first-order chi connectivity index (χ1) is 13.5. The van der Waals surface area contributed by atoms with Crippen LogP contribution in [0.2, 0.25) is 0 Å². The number of benzene rings is 2. The second kappa shape index (κ2) is 9.14. The molecule has 0 atom stereocenters. The highest BCUT2D eigenvalue weighted by Gasteiger charge is 2.23. The Balaban J connectivity index is 1.47. The van der Waals surface area contributed by atoms with Crippen molar-refractivity contribution in [3.8, 4) is 0 Å². The zero-order chi connectivity index (χ0) is 19.9. The van der Waals surface area contributed by atoms with Gasteiger partial charge in [0.25, 0.3) is 5.91 Å². The average molecular weight is 380 g/mol. The molecule has 1 heterocycles. The molecule has 0 unspecified atom stereocenters. The predicted molar refractivity (Wildman–Crippen MR) is 108 cm³/mol. The quantitative estimate of drug-likeness (QED) is 0.832. The monoisotopic (exact) mass is 380 g/mol. The summed E-state index contributed by atoms with van der Waals surface area (Å²) in [6.07, 6.45) is 0. The molecule has 1 saturated heterocycles. The number of anilines is 2. The van der Waals surface area contributed by atoms with Crippen LogP contribution in [0.15, 0.2) is 54.6 Å². The SMILES string of the molecule is CC(=O)Nc1ccc(C(=O)N2CCN(CC(=O)Nc3ccccc3)CC2)cc1. The Kier molecular flexibility index (Phi) is 6.39. The standard InChI is InChI=1S/C21H24N4O3/c1-16(26)22-19-9-7-17(8-10-19)21(28)25-13-11-24(12-14-25)15-20(27)23-18-5-3-2-4-6-18/h2-10H,11-15H2,1H3,(H,22,26)(H,23,27). The zero-order valence-corrected chi connectivity index (χ0v) is 15.9. The van der Waals surface area contributed by atoms with Gasteiger partial charge in [-0.15, -0.1) is 0 Å². The lowest BCUT2D eigenvalue weighted by atomic mass is 10.1. The van der Waals surface area contributed by atoms with Crippen LogP contribution in [0.25, 0.3) is 0 Å². The first-order valence-electron chi connectivity index (χ1n) is 9.25. The van der Waals surface area contributed by atoms with E-state index in [9.17, 15) is 14.4 Å². The first kappa shape index (κ1) is 19.6. The van der Waals surface area contributed by atoms with Gasteiger partial charge in [0.05, 0.1) is 6.54 Å². The fourth-order valence-corrected chi connectivity index (χ4v) is 3.12. The van der Waals surface area contributed by atoms with Gasteiger partial charge in [-0.05, 0) is 36.4 Å². The minimum atomic E-state index is -0.147. The van der Waals surface area contributed by atoms with Crippen molar-refractivity contribution in [2.24, 2.45) is 0 Å². The fourth-order valence-electron chi connectivity index (χ4n) is 3.12. The van der Waals surface area contributed by atoms with Crippen molar-refractivity contribution in [3.05, 3.63) is 60.2 Å². The predicted octanol–water partition coefficient (Wildman–Crippen LogP) is 2.04. The molecule has 0 aliphatic carbocycles. The van der Waals surface area contributed by atoms with Gasteiger partial charge in [-0.1, -0.05) is 18.2 Å². The number of para-hydroxylation sites is 1. The van der Waals surface area contributed by atoms with Crippen molar-refractivity contribution < 1.29 is 14.4 Å². The van der Waals surface area contributed by atoms with Crippen LogP contribution in [0, 0.1) is 0 Å². The van der Waals surface area contributed by atoms with Crippen LogP contribution in [0.4, 0.5) is 11.4 Å². The first-order valence-corrected chi connectivity index (χ1v) is 9.25. The Labute approximate surface area is 164 Å². The van der Waals surface area contributed by atoms with E-state index in [-0.39, 0.29) is 17.7 Å².